The minimum absolute atomic E-state index is 0.0572. The summed E-state index contributed by atoms with van der Waals surface area (Å²) in [6, 6.07) is 13.3. The monoisotopic (exact) mass is 332 g/mol. The SMILES string of the molecule is COc1ccc(S[C@@H](C)C(=O)Nc2cccc([N+](=O)[O-])c2)cc1. The first-order valence-electron chi connectivity index (χ1n) is 6.85. The van der Waals surface area contributed by atoms with Crippen LogP contribution < -0.4 is 10.1 Å². The molecule has 1 atom stereocenters. The van der Waals surface area contributed by atoms with E-state index in [1.807, 2.05) is 24.3 Å². The lowest BCUT2D eigenvalue weighted by Crippen LogP contribution is -2.22. The molecule has 0 aliphatic heterocycles. The second-order valence-electron chi connectivity index (χ2n) is 4.73. The van der Waals surface area contributed by atoms with Crippen molar-refractivity contribution < 1.29 is 14.5 Å². The van der Waals surface area contributed by atoms with Gasteiger partial charge in [-0.1, -0.05) is 6.07 Å². The normalized spacial score (nSPS) is 11.6. The highest BCUT2D eigenvalue weighted by atomic mass is 32.2. The van der Waals surface area contributed by atoms with Gasteiger partial charge in [0, 0.05) is 22.7 Å². The number of benzene rings is 2. The highest BCUT2D eigenvalue weighted by Crippen LogP contribution is 2.26. The molecule has 0 bridgehead atoms. The molecule has 6 nitrogen and oxygen atoms in total. The van der Waals surface area contributed by atoms with Gasteiger partial charge < -0.3 is 10.1 Å². The third-order valence-corrected chi connectivity index (χ3v) is 4.18. The van der Waals surface area contributed by atoms with Crippen LogP contribution in [0.15, 0.2) is 53.4 Å². The van der Waals surface area contributed by atoms with Gasteiger partial charge in [0.1, 0.15) is 5.75 Å². The Bertz CT molecular complexity index is 703. The van der Waals surface area contributed by atoms with Crippen molar-refractivity contribution in [2.75, 3.05) is 12.4 Å². The molecule has 0 aromatic heterocycles. The van der Waals surface area contributed by atoms with Crippen molar-refractivity contribution in [2.24, 2.45) is 0 Å². The highest BCUT2D eigenvalue weighted by molar-refractivity contribution is 8.00. The van der Waals surface area contributed by atoms with Gasteiger partial charge >= 0.3 is 0 Å². The van der Waals surface area contributed by atoms with Crippen molar-refractivity contribution in [2.45, 2.75) is 17.1 Å². The molecule has 7 heteroatoms. The molecule has 0 spiro atoms. The Hall–Kier alpha value is -2.54. The lowest BCUT2D eigenvalue weighted by molar-refractivity contribution is -0.384. The summed E-state index contributed by atoms with van der Waals surface area (Å²) in [5, 5.41) is 13.1. The molecule has 0 fully saturated rings. The van der Waals surface area contributed by atoms with Crippen LogP contribution in [0.3, 0.4) is 0 Å². The van der Waals surface area contributed by atoms with E-state index in [-0.39, 0.29) is 16.8 Å². The molecule has 0 saturated carbocycles. The summed E-state index contributed by atoms with van der Waals surface area (Å²) in [4.78, 5) is 23.4. The van der Waals surface area contributed by atoms with Gasteiger partial charge in [0.15, 0.2) is 0 Å². The number of hydrogen-bond donors (Lipinski definition) is 1. The van der Waals surface area contributed by atoms with Crippen molar-refractivity contribution in [1.29, 1.82) is 0 Å². The van der Waals surface area contributed by atoms with E-state index in [0.29, 0.717) is 5.69 Å². The number of nitro benzene ring substituents is 1. The number of thioether (sulfide) groups is 1. The number of nitro groups is 1. The Labute approximate surface area is 138 Å². The van der Waals surface area contributed by atoms with Crippen molar-refractivity contribution in [1.82, 2.24) is 0 Å². The van der Waals surface area contributed by atoms with E-state index in [2.05, 4.69) is 5.32 Å². The smallest absolute Gasteiger partial charge is 0.271 e. The fourth-order valence-electron chi connectivity index (χ4n) is 1.85. The molecule has 0 unspecified atom stereocenters. The lowest BCUT2D eigenvalue weighted by Gasteiger charge is -2.12. The molecule has 1 N–H and O–H groups in total. The van der Waals surface area contributed by atoms with Crippen LogP contribution in [0, 0.1) is 10.1 Å². The largest absolute Gasteiger partial charge is 0.497 e. The Morgan fingerprint density at radius 2 is 1.96 bits per heavy atom. The van der Waals surface area contributed by atoms with Crippen molar-refractivity contribution in [3.05, 3.63) is 58.6 Å². The number of nitrogens with one attached hydrogen (secondary N) is 1. The zero-order chi connectivity index (χ0) is 16.8. The summed E-state index contributed by atoms with van der Waals surface area (Å²) >= 11 is 1.40. The molecule has 2 aromatic rings. The minimum atomic E-state index is -0.495. The summed E-state index contributed by atoms with van der Waals surface area (Å²) in [5.41, 5.74) is 0.352. The van der Waals surface area contributed by atoms with E-state index in [1.165, 1.54) is 30.0 Å². The predicted octanol–water partition coefficient (Wildman–Crippen LogP) is 3.72. The molecule has 0 heterocycles. The number of hydrogen-bond acceptors (Lipinski definition) is 5. The molecule has 0 aliphatic carbocycles. The molecule has 2 rings (SSSR count). The average Bonchev–Trinajstić information content (AvgIpc) is 2.55. The zero-order valence-electron chi connectivity index (χ0n) is 12.7. The van der Waals surface area contributed by atoms with E-state index >= 15 is 0 Å². The van der Waals surface area contributed by atoms with E-state index < -0.39 is 4.92 Å². The number of carbonyl (C=O) groups is 1. The van der Waals surface area contributed by atoms with Crippen LogP contribution in [0.2, 0.25) is 0 Å². The molecular formula is C16H16N2O4S. The number of amides is 1. The molecular weight excluding hydrogens is 316 g/mol. The Balaban J connectivity index is 1.99. The van der Waals surface area contributed by atoms with E-state index in [9.17, 15) is 14.9 Å². The van der Waals surface area contributed by atoms with Gasteiger partial charge in [0.2, 0.25) is 5.91 Å². The van der Waals surface area contributed by atoms with Crippen molar-refractivity contribution in [3.63, 3.8) is 0 Å². The topological polar surface area (TPSA) is 81.5 Å². The number of methoxy groups -OCH3 is 1. The molecule has 0 aliphatic rings. The van der Waals surface area contributed by atoms with E-state index in [0.717, 1.165) is 10.6 Å². The quantitative estimate of drug-likeness (QED) is 0.495. The van der Waals surface area contributed by atoms with Crippen LogP contribution in [-0.2, 0) is 4.79 Å². The maximum atomic E-state index is 12.2. The van der Waals surface area contributed by atoms with Gasteiger partial charge in [-0.05, 0) is 37.3 Å². The van der Waals surface area contributed by atoms with Gasteiger partial charge in [-0.15, -0.1) is 11.8 Å². The third-order valence-electron chi connectivity index (χ3n) is 3.07. The van der Waals surface area contributed by atoms with E-state index in [4.69, 9.17) is 4.74 Å². The first kappa shape index (κ1) is 16.8. The van der Waals surface area contributed by atoms with E-state index in [1.54, 1.807) is 20.1 Å². The number of anilines is 1. The Kier molecular flexibility index (Phi) is 5.59. The van der Waals surface area contributed by atoms with Crippen LogP contribution in [0.4, 0.5) is 11.4 Å². The molecule has 23 heavy (non-hydrogen) atoms. The number of nitrogens with zero attached hydrogens (tertiary/aromatic N) is 1. The van der Waals surface area contributed by atoms with Gasteiger partial charge in [0.25, 0.3) is 5.69 Å². The average molecular weight is 332 g/mol. The van der Waals surface area contributed by atoms with Crippen LogP contribution in [0.25, 0.3) is 0 Å². The number of non-ortho nitro benzene ring substituents is 1. The first-order valence-corrected chi connectivity index (χ1v) is 7.73. The number of ether oxygens (including phenoxy) is 1. The lowest BCUT2D eigenvalue weighted by atomic mass is 10.2. The summed E-state index contributed by atoms with van der Waals surface area (Å²) in [6.07, 6.45) is 0. The fourth-order valence-corrected chi connectivity index (χ4v) is 2.72. The molecule has 0 saturated heterocycles. The summed E-state index contributed by atoms with van der Waals surface area (Å²) in [7, 11) is 1.59. The van der Waals surface area contributed by atoms with Gasteiger partial charge in [0.05, 0.1) is 17.3 Å². The molecule has 0 radical (unpaired) electrons. The fraction of sp³-hybridized carbons (Fsp3) is 0.188. The predicted molar refractivity (Wildman–Crippen MR) is 90.0 cm³/mol. The van der Waals surface area contributed by atoms with Crippen LogP contribution >= 0.6 is 11.8 Å². The number of carbonyl (C=O) groups excluding carboxylic acids is 1. The summed E-state index contributed by atoms with van der Waals surface area (Å²) < 4.78 is 5.09. The first-order chi connectivity index (χ1) is 11.0. The Morgan fingerprint density at radius 1 is 1.26 bits per heavy atom. The van der Waals surface area contributed by atoms with Crippen LogP contribution in [0.1, 0.15) is 6.92 Å². The molecule has 120 valence electrons. The maximum absolute atomic E-state index is 12.2. The molecule has 2 aromatic carbocycles. The van der Waals surface area contributed by atoms with Gasteiger partial charge in [-0.25, -0.2) is 0 Å². The summed E-state index contributed by atoms with van der Waals surface area (Å²) in [5.74, 6) is 0.536. The van der Waals surface area contributed by atoms with Gasteiger partial charge in [-0.2, -0.15) is 0 Å². The zero-order valence-corrected chi connectivity index (χ0v) is 13.5. The van der Waals surface area contributed by atoms with Crippen molar-refractivity contribution in [3.8, 4) is 5.75 Å². The second kappa shape index (κ2) is 7.64. The standard InChI is InChI=1S/C16H16N2O4S/c1-11(23-15-8-6-14(22-2)7-9-15)16(19)17-12-4-3-5-13(10-12)18(20)21/h3-11H,1-2H3,(H,17,19)/t11-/m0/s1. The third kappa shape index (κ3) is 4.72. The summed E-state index contributed by atoms with van der Waals surface area (Å²) in [6.45, 7) is 1.78. The van der Waals surface area contributed by atoms with Crippen LogP contribution in [0.5, 0.6) is 5.75 Å². The second-order valence-corrected chi connectivity index (χ2v) is 6.15. The maximum Gasteiger partial charge on any atom is 0.271 e. The van der Waals surface area contributed by atoms with Gasteiger partial charge in [-0.3, -0.25) is 14.9 Å². The minimum Gasteiger partial charge on any atom is -0.497 e. The van der Waals surface area contributed by atoms with Crippen molar-refractivity contribution >= 4 is 29.0 Å². The highest BCUT2D eigenvalue weighted by Gasteiger charge is 2.16. The number of rotatable bonds is 6. The van der Waals surface area contributed by atoms with Crippen LogP contribution in [-0.4, -0.2) is 23.2 Å². The molecule has 1 amide bonds. The Morgan fingerprint density at radius 3 is 2.57 bits per heavy atom.